The Balaban J connectivity index is 1.23. The number of rotatable bonds is 7. The highest BCUT2D eigenvalue weighted by atomic mass is 16.6. The van der Waals surface area contributed by atoms with E-state index in [4.69, 9.17) is 18.9 Å². The first-order valence-corrected chi connectivity index (χ1v) is 13.4. The zero-order valence-corrected chi connectivity index (χ0v) is 22.4. The molecule has 2 atom stereocenters. The molecule has 4 fully saturated rings. The van der Waals surface area contributed by atoms with Crippen LogP contribution < -0.4 is 18.9 Å². The predicted molar refractivity (Wildman–Crippen MR) is 145 cm³/mol. The number of esters is 1. The number of ether oxygens (including phenoxy) is 4. The van der Waals surface area contributed by atoms with Crippen LogP contribution in [-0.2, 0) is 4.79 Å². The standard InChI is InChI=1S/C32H34O6/c1-31(2)12-11-24-26(35-3)10-7-23(29(24)38-31)25(33)8-5-19-6-9-27(36-4)28(15-19)37-30(34)32-16-20-13-21(17-32)22(14-20)18-32/h5-12,15,20-22H,13-14,16-18H2,1-4H3/b8-5+. The Kier molecular flexibility index (Phi) is 5.89. The molecule has 5 aliphatic rings. The molecule has 2 aromatic carbocycles. The largest absolute Gasteiger partial charge is 0.496 e. The summed E-state index contributed by atoms with van der Waals surface area (Å²) < 4.78 is 23.1. The summed E-state index contributed by atoms with van der Waals surface area (Å²) in [4.78, 5) is 26.7. The summed E-state index contributed by atoms with van der Waals surface area (Å²) in [6.07, 6.45) is 12.5. The van der Waals surface area contributed by atoms with Crippen molar-refractivity contribution in [1.29, 1.82) is 0 Å². The summed E-state index contributed by atoms with van der Waals surface area (Å²) in [6.45, 7) is 3.88. The van der Waals surface area contributed by atoms with Gasteiger partial charge < -0.3 is 18.9 Å². The predicted octanol–water partition coefficient (Wildman–Crippen LogP) is 6.52. The average molecular weight is 515 g/mol. The zero-order chi connectivity index (χ0) is 26.7. The van der Waals surface area contributed by atoms with Gasteiger partial charge in [-0.3, -0.25) is 9.59 Å². The lowest BCUT2D eigenvalue weighted by molar-refractivity contribution is -0.149. The van der Waals surface area contributed by atoms with Crippen LogP contribution >= 0.6 is 0 Å². The molecule has 38 heavy (non-hydrogen) atoms. The van der Waals surface area contributed by atoms with Crippen molar-refractivity contribution in [3.63, 3.8) is 0 Å². The zero-order valence-electron chi connectivity index (χ0n) is 22.4. The Bertz CT molecular complexity index is 1350. The number of carbonyl (C=O) groups is 2. The minimum absolute atomic E-state index is 0.136. The molecule has 0 N–H and O–H groups in total. The van der Waals surface area contributed by atoms with Crippen molar-refractivity contribution < 1.29 is 28.5 Å². The maximum Gasteiger partial charge on any atom is 0.317 e. The van der Waals surface area contributed by atoms with Crippen molar-refractivity contribution >= 4 is 23.9 Å². The van der Waals surface area contributed by atoms with Gasteiger partial charge in [0, 0.05) is 0 Å². The van der Waals surface area contributed by atoms with E-state index >= 15 is 0 Å². The Labute approximate surface area is 223 Å². The normalized spacial score (nSPS) is 27.7. The van der Waals surface area contributed by atoms with E-state index in [1.54, 1.807) is 44.6 Å². The average Bonchev–Trinajstić information content (AvgIpc) is 3.32. The molecule has 6 heteroatoms. The van der Waals surface area contributed by atoms with Gasteiger partial charge in [0.15, 0.2) is 17.3 Å². The van der Waals surface area contributed by atoms with E-state index in [0.717, 1.165) is 30.4 Å². The molecule has 0 aromatic heterocycles. The second kappa shape index (κ2) is 9.04. The highest BCUT2D eigenvalue weighted by Crippen LogP contribution is 2.64. The first-order chi connectivity index (χ1) is 18.2. The molecular weight excluding hydrogens is 480 g/mol. The third kappa shape index (κ3) is 4.20. The summed E-state index contributed by atoms with van der Waals surface area (Å²) in [5.74, 6) is 3.74. The van der Waals surface area contributed by atoms with Crippen LogP contribution in [0.1, 0.15) is 67.4 Å². The van der Waals surface area contributed by atoms with E-state index in [0.29, 0.717) is 46.3 Å². The minimum atomic E-state index is -0.537. The van der Waals surface area contributed by atoms with E-state index in [9.17, 15) is 9.59 Å². The fraction of sp³-hybridized carbons (Fsp3) is 0.438. The quantitative estimate of drug-likeness (QED) is 0.181. The van der Waals surface area contributed by atoms with Crippen molar-refractivity contribution in [1.82, 2.24) is 0 Å². The van der Waals surface area contributed by atoms with Crippen molar-refractivity contribution in [2.45, 2.75) is 51.6 Å². The van der Waals surface area contributed by atoms with E-state index < -0.39 is 5.60 Å². The first-order valence-electron chi connectivity index (χ1n) is 13.4. The summed E-state index contributed by atoms with van der Waals surface area (Å²) in [5.41, 5.74) is 1.06. The Morgan fingerprint density at radius 3 is 2.34 bits per heavy atom. The van der Waals surface area contributed by atoms with Crippen LogP contribution in [0, 0.1) is 23.2 Å². The van der Waals surface area contributed by atoms with Crippen LogP contribution in [0.4, 0.5) is 0 Å². The number of hydrogen-bond acceptors (Lipinski definition) is 6. The lowest BCUT2D eigenvalue weighted by atomic mass is 9.69. The van der Waals surface area contributed by atoms with Crippen LogP contribution in [0.5, 0.6) is 23.0 Å². The molecule has 7 rings (SSSR count). The molecule has 6 nitrogen and oxygen atoms in total. The topological polar surface area (TPSA) is 71.1 Å². The summed E-state index contributed by atoms with van der Waals surface area (Å²) in [6, 6.07) is 8.87. The molecule has 1 aliphatic heterocycles. The summed E-state index contributed by atoms with van der Waals surface area (Å²) in [7, 11) is 3.16. The molecule has 198 valence electrons. The van der Waals surface area contributed by atoms with Crippen molar-refractivity contribution in [2.75, 3.05) is 14.2 Å². The number of carbonyl (C=O) groups excluding carboxylic acids is 2. The number of methoxy groups -OCH3 is 2. The number of ketones is 1. The Morgan fingerprint density at radius 2 is 1.66 bits per heavy atom. The van der Waals surface area contributed by atoms with Crippen LogP contribution in [0.25, 0.3) is 12.2 Å². The molecule has 1 heterocycles. The lowest BCUT2D eigenvalue weighted by Gasteiger charge is -2.35. The van der Waals surface area contributed by atoms with Gasteiger partial charge in [0.05, 0.1) is 30.8 Å². The second-order valence-electron chi connectivity index (χ2n) is 11.8. The molecule has 0 saturated heterocycles. The van der Waals surface area contributed by atoms with Gasteiger partial charge in [0.25, 0.3) is 0 Å². The van der Waals surface area contributed by atoms with Crippen molar-refractivity contribution in [3.8, 4) is 23.0 Å². The van der Waals surface area contributed by atoms with Gasteiger partial charge in [-0.05, 0) is 112 Å². The fourth-order valence-electron chi connectivity index (χ4n) is 7.21. The Hall–Kier alpha value is -3.54. The van der Waals surface area contributed by atoms with E-state index in [-0.39, 0.29) is 17.2 Å². The van der Waals surface area contributed by atoms with E-state index in [1.807, 2.05) is 32.1 Å². The van der Waals surface area contributed by atoms with Gasteiger partial charge in [-0.2, -0.15) is 0 Å². The third-order valence-corrected chi connectivity index (χ3v) is 8.83. The number of benzene rings is 2. The molecule has 4 aliphatic carbocycles. The SMILES string of the molecule is COc1ccc(/C=C/C(=O)c2ccc(OC)c3c2OC(C)(C)C=C3)cc1OC(=O)C12CC3CC(C1)C(C3)C2. The molecule has 0 spiro atoms. The van der Waals surface area contributed by atoms with E-state index in [2.05, 4.69) is 0 Å². The van der Waals surface area contributed by atoms with Crippen LogP contribution in [-0.4, -0.2) is 31.6 Å². The summed E-state index contributed by atoms with van der Waals surface area (Å²) in [5, 5.41) is 0. The van der Waals surface area contributed by atoms with Gasteiger partial charge in [0.1, 0.15) is 17.1 Å². The number of hydrogen-bond donors (Lipinski definition) is 0. The summed E-state index contributed by atoms with van der Waals surface area (Å²) >= 11 is 0. The number of allylic oxidation sites excluding steroid dienone is 1. The molecule has 2 unspecified atom stereocenters. The molecule has 2 aromatic rings. The molecule has 4 saturated carbocycles. The van der Waals surface area contributed by atoms with Gasteiger partial charge in [-0.15, -0.1) is 0 Å². The maximum atomic E-state index is 13.4. The minimum Gasteiger partial charge on any atom is -0.496 e. The molecule has 0 amide bonds. The maximum absolute atomic E-state index is 13.4. The molecule has 0 radical (unpaired) electrons. The lowest BCUT2D eigenvalue weighted by Crippen LogP contribution is -2.38. The highest BCUT2D eigenvalue weighted by Gasteiger charge is 2.60. The van der Waals surface area contributed by atoms with Gasteiger partial charge >= 0.3 is 5.97 Å². The highest BCUT2D eigenvalue weighted by molar-refractivity contribution is 6.09. The van der Waals surface area contributed by atoms with Crippen molar-refractivity contribution in [3.05, 3.63) is 59.2 Å². The molecule has 4 bridgehead atoms. The van der Waals surface area contributed by atoms with Crippen molar-refractivity contribution in [2.24, 2.45) is 23.2 Å². The monoisotopic (exact) mass is 514 g/mol. The van der Waals surface area contributed by atoms with Crippen LogP contribution in [0.15, 0.2) is 42.5 Å². The third-order valence-electron chi connectivity index (χ3n) is 8.83. The van der Waals surface area contributed by atoms with Gasteiger partial charge in [-0.1, -0.05) is 12.1 Å². The second-order valence-corrected chi connectivity index (χ2v) is 11.8. The van der Waals surface area contributed by atoms with Gasteiger partial charge in [0.2, 0.25) is 0 Å². The number of fused-ring (bicyclic) bond motifs is 1. The molecular formula is C32H34O6. The smallest absolute Gasteiger partial charge is 0.317 e. The first kappa shape index (κ1) is 24.8. The Morgan fingerprint density at radius 1 is 0.947 bits per heavy atom. The van der Waals surface area contributed by atoms with Crippen LogP contribution in [0.2, 0.25) is 0 Å². The van der Waals surface area contributed by atoms with E-state index in [1.165, 1.54) is 18.9 Å². The fourth-order valence-corrected chi connectivity index (χ4v) is 7.21. The van der Waals surface area contributed by atoms with Gasteiger partial charge in [-0.25, -0.2) is 0 Å². The van der Waals surface area contributed by atoms with Crippen LogP contribution in [0.3, 0.4) is 0 Å².